The molecule has 1 aromatic heterocycles. The molecule has 2 aromatic carbocycles. The first kappa shape index (κ1) is 11.5. The summed E-state index contributed by atoms with van der Waals surface area (Å²) < 4.78 is 5.54. The van der Waals surface area contributed by atoms with Crippen molar-refractivity contribution in [2.24, 2.45) is 0 Å². The lowest BCUT2D eigenvalue weighted by Gasteiger charge is -2.02. The van der Waals surface area contributed by atoms with Crippen LogP contribution in [-0.4, -0.2) is 12.0 Å². The number of nitrogens with one attached hydrogen (secondary N) is 1. The molecular weight excluding hydrogens is 236 g/mol. The van der Waals surface area contributed by atoms with Crippen LogP contribution in [0.5, 0.6) is 0 Å². The number of anilines is 1. The first-order valence-electron chi connectivity index (χ1n) is 6.16. The van der Waals surface area contributed by atoms with Gasteiger partial charge < -0.3 is 9.73 Å². The van der Waals surface area contributed by atoms with Crippen LogP contribution in [0.25, 0.3) is 22.5 Å². The van der Waals surface area contributed by atoms with E-state index >= 15 is 0 Å². The molecule has 3 nitrogen and oxygen atoms in total. The van der Waals surface area contributed by atoms with E-state index in [-0.39, 0.29) is 0 Å². The minimum Gasteiger partial charge on any atom is -0.424 e. The molecule has 0 aliphatic carbocycles. The molecule has 0 saturated carbocycles. The fourth-order valence-electron chi connectivity index (χ4n) is 1.98. The second kappa shape index (κ2) is 4.98. The fraction of sp³-hybridized carbons (Fsp3) is 0.0625. The Labute approximate surface area is 111 Å². The third-order valence-corrected chi connectivity index (χ3v) is 3.00. The molecular formula is C16H14N2O. The van der Waals surface area contributed by atoms with Crippen LogP contribution in [0.15, 0.2) is 65.2 Å². The van der Waals surface area contributed by atoms with Gasteiger partial charge in [0, 0.05) is 12.6 Å². The summed E-state index contributed by atoms with van der Waals surface area (Å²) in [6, 6.07) is 19.1. The average Bonchev–Trinajstić information content (AvgIpc) is 2.97. The molecule has 0 fully saturated rings. The summed E-state index contributed by atoms with van der Waals surface area (Å²) in [5, 5.41) is 2.88. The molecule has 0 aliphatic heterocycles. The SMILES string of the molecule is CNc1ncc(-c2ccc(-c3ccccc3)cc2)o1. The Kier molecular flexibility index (Phi) is 3.02. The predicted molar refractivity (Wildman–Crippen MR) is 76.9 cm³/mol. The van der Waals surface area contributed by atoms with E-state index in [1.165, 1.54) is 11.1 Å². The first-order valence-corrected chi connectivity index (χ1v) is 6.16. The zero-order valence-corrected chi connectivity index (χ0v) is 10.6. The van der Waals surface area contributed by atoms with Gasteiger partial charge in [-0.3, -0.25) is 0 Å². The zero-order valence-electron chi connectivity index (χ0n) is 10.6. The number of nitrogens with zero attached hydrogens (tertiary/aromatic N) is 1. The Morgan fingerprint density at radius 2 is 1.47 bits per heavy atom. The van der Waals surface area contributed by atoms with Crippen LogP contribution in [0.3, 0.4) is 0 Å². The van der Waals surface area contributed by atoms with Crippen LogP contribution < -0.4 is 5.32 Å². The van der Waals surface area contributed by atoms with Crippen LogP contribution in [0, 0.1) is 0 Å². The van der Waals surface area contributed by atoms with Crippen molar-refractivity contribution in [2.45, 2.75) is 0 Å². The third kappa shape index (κ3) is 2.36. The molecule has 0 unspecified atom stereocenters. The highest BCUT2D eigenvalue weighted by Crippen LogP contribution is 2.26. The Bertz CT molecular complexity index is 657. The van der Waals surface area contributed by atoms with Gasteiger partial charge in [-0.25, -0.2) is 4.98 Å². The largest absolute Gasteiger partial charge is 0.424 e. The van der Waals surface area contributed by atoms with Gasteiger partial charge in [-0.2, -0.15) is 0 Å². The highest BCUT2D eigenvalue weighted by molar-refractivity contribution is 5.68. The van der Waals surface area contributed by atoms with Crippen LogP contribution in [0.4, 0.5) is 6.01 Å². The molecule has 0 radical (unpaired) electrons. The standard InChI is InChI=1S/C16H14N2O/c1-17-16-18-11-15(19-16)14-9-7-13(8-10-14)12-5-3-2-4-6-12/h2-11H,1H3,(H,17,18). The van der Waals surface area contributed by atoms with E-state index in [4.69, 9.17) is 4.42 Å². The monoisotopic (exact) mass is 250 g/mol. The van der Waals surface area contributed by atoms with Crippen molar-refractivity contribution in [2.75, 3.05) is 12.4 Å². The van der Waals surface area contributed by atoms with Gasteiger partial charge in [0.2, 0.25) is 0 Å². The second-order valence-corrected chi connectivity index (χ2v) is 4.22. The molecule has 19 heavy (non-hydrogen) atoms. The molecule has 0 spiro atoms. The van der Waals surface area contributed by atoms with Gasteiger partial charge in [-0.15, -0.1) is 0 Å². The van der Waals surface area contributed by atoms with Gasteiger partial charge in [0.1, 0.15) is 0 Å². The van der Waals surface area contributed by atoms with Crippen molar-refractivity contribution in [1.29, 1.82) is 0 Å². The molecule has 1 N–H and O–H groups in total. The smallest absolute Gasteiger partial charge is 0.294 e. The van der Waals surface area contributed by atoms with Crippen LogP contribution >= 0.6 is 0 Å². The molecule has 0 aliphatic rings. The summed E-state index contributed by atoms with van der Waals surface area (Å²) in [5.41, 5.74) is 3.42. The van der Waals surface area contributed by atoms with E-state index in [2.05, 4.69) is 34.6 Å². The summed E-state index contributed by atoms with van der Waals surface area (Å²) >= 11 is 0. The maximum atomic E-state index is 5.54. The van der Waals surface area contributed by atoms with E-state index in [0.717, 1.165) is 11.3 Å². The summed E-state index contributed by atoms with van der Waals surface area (Å²) in [5.74, 6) is 0.768. The van der Waals surface area contributed by atoms with E-state index in [9.17, 15) is 0 Å². The van der Waals surface area contributed by atoms with Gasteiger partial charge in [-0.1, -0.05) is 54.6 Å². The third-order valence-electron chi connectivity index (χ3n) is 3.00. The normalized spacial score (nSPS) is 10.4. The molecule has 3 aromatic rings. The van der Waals surface area contributed by atoms with Crippen molar-refractivity contribution >= 4 is 6.01 Å². The van der Waals surface area contributed by atoms with E-state index in [1.807, 2.05) is 30.3 Å². The van der Waals surface area contributed by atoms with Gasteiger partial charge in [0.25, 0.3) is 6.01 Å². The molecule has 3 rings (SSSR count). The average molecular weight is 250 g/mol. The lowest BCUT2D eigenvalue weighted by molar-refractivity contribution is 0.590. The highest BCUT2D eigenvalue weighted by atomic mass is 16.4. The number of hydrogen-bond donors (Lipinski definition) is 1. The maximum Gasteiger partial charge on any atom is 0.294 e. The maximum absolute atomic E-state index is 5.54. The second-order valence-electron chi connectivity index (χ2n) is 4.22. The van der Waals surface area contributed by atoms with Crippen LogP contribution in [-0.2, 0) is 0 Å². The molecule has 94 valence electrons. The van der Waals surface area contributed by atoms with Gasteiger partial charge in [-0.05, 0) is 11.1 Å². The summed E-state index contributed by atoms with van der Waals surface area (Å²) in [7, 11) is 1.79. The number of oxazole rings is 1. The predicted octanol–water partition coefficient (Wildman–Crippen LogP) is 4.05. The quantitative estimate of drug-likeness (QED) is 0.762. The van der Waals surface area contributed by atoms with E-state index < -0.39 is 0 Å². The van der Waals surface area contributed by atoms with Crippen molar-refractivity contribution in [3.05, 3.63) is 60.8 Å². The van der Waals surface area contributed by atoms with Crippen molar-refractivity contribution in [3.8, 4) is 22.5 Å². The summed E-state index contributed by atoms with van der Waals surface area (Å²) in [6.07, 6.45) is 1.73. The van der Waals surface area contributed by atoms with Crippen molar-refractivity contribution in [3.63, 3.8) is 0 Å². The van der Waals surface area contributed by atoms with E-state index in [1.54, 1.807) is 13.2 Å². The Morgan fingerprint density at radius 1 is 0.842 bits per heavy atom. The fourth-order valence-corrected chi connectivity index (χ4v) is 1.98. The Morgan fingerprint density at radius 3 is 2.11 bits per heavy atom. The van der Waals surface area contributed by atoms with Crippen LogP contribution in [0.2, 0.25) is 0 Å². The van der Waals surface area contributed by atoms with Crippen molar-refractivity contribution < 1.29 is 4.42 Å². The number of benzene rings is 2. The molecule has 0 atom stereocenters. The lowest BCUT2D eigenvalue weighted by Crippen LogP contribution is -1.85. The minimum absolute atomic E-state index is 0.530. The Hall–Kier alpha value is -2.55. The molecule has 0 amide bonds. The van der Waals surface area contributed by atoms with Gasteiger partial charge in [0.05, 0.1) is 6.20 Å². The molecule has 0 saturated heterocycles. The summed E-state index contributed by atoms with van der Waals surface area (Å²) in [6.45, 7) is 0. The molecule has 3 heteroatoms. The zero-order chi connectivity index (χ0) is 13.1. The van der Waals surface area contributed by atoms with Crippen molar-refractivity contribution in [1.82, 2.24) is 4.98 Å². The molecule has 0 bridgehead atoms. The van der Waals surface area contributed by atoms with Gasteiger partial charge >= 0.3 is 0 Å². The highest BCUT2D eigenvalue weighted by Gasteiger charge is 2.05. The van der Waals surface area contributed by atoms with Crippen LogP contribution in [0.1, 0.15) is 0 Å². The number of rotatable bonds is 3. The first-order chi connectivity index (χ1) is 9.36. The number of aromatic nitrogens is 1. The number of hydrogen-bond acceptors (Lipinski definition) is 3. The summed E-state index contributed by atoms with van der Waals surface area (Å²) in [4.78, 5) is 4.11. The van der Waals surface area contributed by atoms with Gasteiger partial charge in [0.15, 0.2) is 5.76 Å². The Balaban J connectivity index is 1.90. The van der Waals surface area contributed by atoms with E-state index in [0.29, 0.717) is 6.01 Å². The minimum atomic E-state index is 0.530. The lowest BCUT2D eigenvalue weighted by atomic mass is 10.0. The topological polar surface area (TPSA) is 38.1 Å². The molecule has 1 heterocycles.